The van der Waals surface area contributed by atoms with Crippen LogP contribution in [0.25, 0.3) is 0 Å². The minimum atomic E-state index is -0.0327. The van der Waals surface area contributed by atoms with Crippen LogP contribution in [0.15, 0.2) is 28.7 Å². The van der Waals surface area contributed by atoms with Crippen molar-refractivity contribution in [3.05, 3.63) is 51.0 Å². The molecule has 5 heteroatoms. The minimum absolute atomic E-state index is 0.0327. The van der Waals surface area contributed by atoms with Gasteiger partial charge in [0.05, 0.1) is 19.6 Å². The van der Waals surface area contributed by atoms with Crippen molar-refractivity contribution in [2.24, 2.45) is 0 Å². The third-order valence-corrected chi connectivity index (χ3v) is 5.43. The number of rotatable bonds is 3. The fourth-order valence-corrected chi connectivity index (χ4v) is 3.61. The lowest BCUT2D eigenvalue weighted by atomic mass is 9.97. The standard InChI is InChI=1S/C19H18BrNO3/c1-11-8-13(2-3-16(11)20)21-18(22)10-15-14-5-7-23-17(14)9-12-4-6-24-19(12)15/h2-3,8-9H,4-7,10H2,1H3,(H,21,22). The normalized spacial score (nSPS) is 14.6. The van der Waals surface area contributed by atoms with Crippen molar-refractivity contribution >= 4 is 27.5 Å². The molecule has 0 unspecified atom stereocenters. The number of benzene rings is 2. The molecule has 24 heavy (non-hydrogen) atoms. The molecule has 0 spiro atoms. The van der Waals surface area contributed by atoms with Crippen molar-refractivity contribution in [1.82, 2.24) is 0 Å². The highest BCUT2D eigenvalue weighted by Crippen LogP contribution is 2.40. The average Bonchev–Trinajstić information content (AvgIpc) is 3.19. The molecular formula is C19H18BrNO3. The van der Waals surface area contributed by atoms with Gasteiger partial charge < -0.3 is 14.8 Å². The molecule has 0 atom stereocenters. The van der Waals surface area contributed by atoms with Gasteiger partial charge in [-0.25, -0.2) is 0 Å². The predicted octanol–water partition coefficient (Wildman–Crippen LogP) is 3.81. The van der Waals surface area contributed by atoms with Crippen LogP contribution in [0, 0.1) is 6.92 Å². The second kappa shape index (κ2) is 6.13. The molecule has 4 rings (SSSR count). The third-order valence-electron chi connectivity index (χ3n) is 4.54. The summed E-state index contributed by atoms with van der Waals surface area (Å²) in [6.45, 7) is 3.36. The summed E-state index contributed by atoms with van der Waals surface area (Å²) in [5.74, 6) is 1.78. The molecule has 4 nitrogen and oxygen atoms in total. The molecule has 0 bridgehead atoms. The number of aryl methyl sites for hydroxylation is 1. The highest BCUT2D eigenvalue weighted by atomic mass is 79.9. The second-order valence-corrected chi connectivity index (χ2v) is 7.06. The third kappa shape index (κ3) is 2.77. The fourth-order valence-electron chi connectivity index (χ4n) is 3.36. The Balaban J connectivity index is 1.59. The number of nitrogens with one attached hydrogen (secondary N) is 1. The Morgan fingerprint density at radius 3 is 2.88 bits per heavy atom. The number of halogens is 1. The van der Waals surface area contributed by atoms with E-state index in [-0.39, 0.29) is 5.91 Å². The van der Waals surface area contributed by atoms with Gasteiger partial charge in [-0.15, -0.1) is 0 Å². The van der Waals surface area contributed by atoms with Crippen LogP contribution in [0.3, 0.4) is 0 Å². The Labute approximate surface area is 149 Å². The van der Waals surface area contributed by atoms with Gasteiger partial charge in [0.2, 0.25) is 5.91 Å². The summed E-state index contributed by atoms with van der Waals surface area (Å²) in [6, 6.07) is 7.87. The molecular weight excluding hydrogens is 370 g/mol. The van der Waals surface area contributed by atoms with E-state index in [2.05, 4.69) is 27.3 Å². The Bertz CT molecular complexity index is 800. The van der Waals surface area contributed by atoms with E-state index in [1.807, 2.05) is 25.1 Å². The van der Waals surface area contributed by atoms with Crippen LogP contribution in [-0.2, 0) is 24.1 Å². The number of hydrogen-bond acceptors (Lipinski definition) is 3. The maximum atomic E-state index is 12.6. The van der Waals surface area contributed by atoms with Gasteiger partial charge in [-0.3, -0.25) is 4.79 Å². The summed E-state index contributed by atoms with van der Waals surface area (Å²) in [4.78, 5) is 12.6. The second-order valence-electron chi connectivity index (χ2n) is 6.21. The van der Waals surface area contributed by atoms with Crippen LogP contribution in [0.4, 0.5) is 5.69 Å². The van der Waals surface area contributed by atoms with E-state index in [0.717, 1.165) is 56.8 Å². The van der Waals surface area contributed by atoms with Crippen LogP contribution >= 0.6 is 15.9 Å². The SMILES string of the molecule is Cc1cc(NC(=O)Cc2c3c(cc4c2OCC4)OCC3)ccc1Br. The van der Waals surface area contributed by atoms with Crippen molar-refractivity contribution < 1.29 is 14.3 Å². The molecule has 2 heterocycles. The smallest absolute Gasteiger partial charge is 0.228 e. The van der Waals surface area contributed by atoms with E-state index in [0.29, 0.717) is 19.6 Å². The van der Waals surface area contributed by atoms with Gasteiger partial charge in [0, 0.05) is 39.7 Å². The number of amides is 1. The van der Waals surface area contributed by atoms with E-state index >= 15 is 0 Å². The number of anilines is 1. The highest BCUT2D eigenvalue weighted by Gasteiger charge is 2.27. The summed E-state index contributed by atoms with van der Waals surface area (Å²) >= 11 is 3.47. The molecule has 1 amide bonds. The first-order chi connectivity index (χ1) is 11.6. The van der Waals surface area contributed by atoms with E-state index < -0.39 is 0 Å². The summed E-state index contributed by atoms with van der Waals surface area (Å²) in [5.41, 5.74) is 5.16. The van der Waals surface area contributed by atoms with Crippen LogP contribution in [0.1, 0.15) is 22.3 Å². The fraction of sp³-hybridized carbons (Fsp3) is 0.316. The Morgan fingerprint density at radius 1 is 1.21 bits per heavy atom. The van der Waals surface area contributed by atoms with E-state index in [1.165, 1.54) is 0 Å². The molecule has 2 aromatic rings. The van der Waals surface area contributed by atoms with Crippen molar-refractivity contribution in [1.29, 1.82) is 0 Å². The summed E-state index contributed by atoms with van der Waals surface area (Å²) in [5, 5.41) is 2.98. The zero-order valence-corrected chi connectivity index (χ0v) is 15.0. The number of carbonyl (C=O) groups excluding carboxylic acids is 1. The lowest BCUT2D eigenvalue weighted by Crippen LogP contribution is -2.16. The van der Waals surface area contributed by atoms with Crippen molar-refractivity contribution in [3.63, 3.8) is 0 Å². The van der Waals surface area contributed by atoms with Crippen molar-refractivity contribution in [3.8, 4) is 11.5 Å². The predicted molar refractivity (Wildman–Crippen MR) is 96.1 cm³/mol. The molecule has 2 aromatic carbocycles. The number of hydrogen-bond donors (Lipinski definition) is 1. The molecule has 2 aliphatic heterocycles. The number of fused-ring (bicyclic) bond motifs is 2. The van der Waals surface area contributed by atoms with Gasteiger partial charge in [-0.2, -0.15) is 0 Å². The lowest BCUT2D eigenvalue weighted by molar-refractivity contribution is -0.115. The monoisotopic (exact) mass is 387 g/mol. The first kappa shape index (κ1) is 15.5. The summed E-state index contributed by atoms with van der Waals surface area (Å²) in [7, 11) is 0. The van der Waals surface area contributed by atoms with Crippen LogP contribution < -0.4 is 14.8 Å². The summed E-state index contributed by atoms with van der Waals surface area (Å²) < 4.78 is 12.5. The van der Waals surface area contributed by atoms with Gasteiger partial charge in [0.25, 0.3) is 0 Å². The van der Waals surface area contributed by atoms with E-state index in [9.17, 15) is 4.79 Å². The van der Waals surface area contributed by atoms with Crippen molar-refractivity contribution in [2.75, 3.05) is 18.5 Å². The van der Waals surface area contributed by atoms with Crippen LogP contribution in [-0.4, -0.2) is 19.1 Å². The van der Waals surface area contributed by atoms with Gasteiger partial charge >= 0.3 is 0 Å². The zero-order chi connectivity index (χ0) is 16.7. The topological polar surface area (TPSA) is 47.6 Å². The zero-order valence-electron chi connectivity index (χ0n) is 13.4. The largest absolute Gasteiger partial charge is 0.493 e. The molecule has 0 aromatic heterocycles. The number of carbonyl (C=O) groups is 1. The summed E-state index contributed by atoms with van der Waals surface area (Å²) in [6.07, 6.45) is 2.03. The Morgan fingerprint density at radius 2 is 2.04 bits per heavy atom. The molecule has 0 saturated heterocycles. The Kier molecular flexibility index (Phi) is 3.96. The quantitative estimate of drug-likeness (QED) is 0.870. The highest BCUT2D eigenvalue weighted by molar-refractivity contribution is 9.10. The van der Waals surface area contributed by atoms with Gasteiger partial charge in [-0.1, -0.05) is 15.9 Å². The Hall–Kier alpha value is -2.01. The van der Waals surface area contributed by atoms with Crippen LogP contribution in [0.5, 0.6) is 11.5 Å². The van der Waals surface area contributed by atoms with E-state index in [1.54, 1.807) is 0 Å². The first-order valence-electron chi connectivity index (χ1n) is 8.11. The molecule has 2 aliphatic rings. The van der Waals surface area contributed by atoms with Gasteiger partial charge in [-0.05, 0) is 36.8 Å². The van der Waals surface area contributed by atoms with Crippen LogP contribution in [0.2, 0.25) is 0 Å². The average molecular weight is 388 g/mol. The molecule has 0 fully saturated rings. The minimum Gasteiger partial charge on any atom is -0.493 e. The van der Waals surface area contributed by atoms with E-state index in [4.69, 9.17) is 9.47 Å². The van der Waals surface area contributed by atoms with Crippen molar-refractivity contribution in [2.45, 2.75) is 26.2 Å². The maximum absolute atomic E-state index is 12.6. The van der Waals surface area contributed by atoms with Gasteiger partial charge in [0.1, 0.15) is 11.5 Å². The first-order valence-corrected chi connectivity index (χ1v) is 8.90. The maximum Gasteiger partial charge on any atom is 0.228 e. The molecule has 0 radical (unpaired) electrons. The molecule has 1 N–H and O–H groups in total. The molecule has 0 saturated carbocycles. The van der Waals surface area contributed by atoms with Gasteiger partial charge in [0.15, 0.2) is 0 Å². The molecule has 124 valence electrons. The molecule has 0 aliphatic carbocycles. The number of ether oxygens (including phenoxy) is 2. The lowest BCUT2D eigenvalue weighted by Gasteiger charge is -2.13.